The van der Waals surface area contributed by atoms with E-state index in [0.717, 1.165) is 31.4 Å². The minimum atomic E-state index is -0.611. The van der Waals surface area contributed by atoms with E-state index < -0.39 is 5.82 Å². The molecule has 3 N–H and O–H groups in total. The fourth-order valence-electron chi connectivity index (χ4n) is 4.23. The molecule has 0 bridgehead atoms. The van der Waals surface area contributed by atoms with E-state index in [9.17, 15) is 9.18 Å². The van der Waals surface area contributed by atoms with Crippen LogP contribution < -0.4 is 16.0 Å². The van der Waals surface area contributed by atoms with Gasteiger partial charge in [0.05, 0.1) is 0 Å². The molecule has 0 aliphatic carbocycles. The Labute approximate surface area is 184 Å². The number of hydrogen-bond donors (Lipinski definition) is 2. The van der Waals surface area contributed by atoms with Crippen LogP contribution in [-0.4, -0.2) is 52.5 Å². The summed E-state index contributed by atoms with van der Waals surface area (Å²) in [5.74, 6) is -0.548. The number of piperidine rings is 2. The van der Waals surface area contributed by atoms with E-state index in [1.165, 1.54) is 6.33 Å². The number of nitrogen functional groups attached to an aromatic ring is 1. The number of nitrogens with one attached hydrogen (secondary N) is 1. The van der Waals surface area contributed by atoms with Crippen LogP contribution in [0.5, 0.6) is 0 Å². The fourth-order valence-corrected chi connectivity index (χ4v) is 4.76. The van der Waals surface area contributed by atoms with Gasteiger partial charge in [-0.1, -0.05) is 23.2 Å². The number of benzene rings is 1. The lowest BCUT2D eigenvalue weighted by Gasteiger charge is -2.43. The molecule has 7 nitrogen and oxygen atoms in total. The van der Waals surface area contributed by atoms with Crippen LogP contribution in [0.2, 0.25) is 10.0 Å². The summed E-state index contributed by atoms with van der Waals surface area (Å²) in [6.45, 7) is 1.85. The van der Waals surface area contributed by atoms with Crippen molar-refractivity contribution in [3.63, 3.8) is 0 Å². The summed E-state index contributed by atoms with van der Waals surface area (Å²) in [5.41, 5.74) is 6.31. The first-order chi connectivity index (χ1) is 14.4. The second-order valence-electron chi connectivity index (χ2n) is 7.67. The second kappa shape index (κ2) is 8.81. The molecule has 30 heavy (non-hydrogen) atoms. The predicted octanol–water partition coefficient (Wildman–Crippen LogP) is 3.58. The van der Waals surface area contributed by atoms with E-state index in [2.05, 4.69) is 15.3 Å². The Bertz CT molecular complexity index is 925. The van der Waals surface area contributed by atoms with Crippen LogP contribution in [-0.2, 0) is 4.79 Å². The van der Waals surface area contributed by atoms with E-state index in [-0.39, 0.29) is 29.6 Å². The van der Waals surface area contributed by atoms with Gasteiger partial charge in [0.2, 0.25) is 11.7 Å². The summed E-state index contributed by atoms with van der Waals surface area (Å²) in [6.07, 6.45) is 4.56. The zero-order valence-electron chi connectivity index (χ0n) is 16.3. The number of carbonyl (C=O) groups is 1. The van der Waals surface area contributed by atoms with Gasteiger partial charge in [0, 0.05) is 41.4 Å². The zero-order valence-corrected chi connectivity index (χ0v) is 17.8. The summed E-state index contributed by atoms with van der Waals surface area (Å²) in [5, 5.41) is 4.30. The van der Waals surface area contributed by atoms with Crippen molar-refractivity contribution in [3.8, 4) is 0 Å². The Morgan fingerprint density at radius 1 is 1.10 bits per heavy atom. The van der Waals surface area contributed by atoms with Gasteiger partial charge in [0.1, 0.15) is 12.4 Å². The van der Waals surface area contributed by atoms with Gasteiger partial charge in [-0.25, -0.2) is 9.97 Å². The monoisotopic (exact) mass is 452 g/mol. The van der Waals surface area contributed by atoms with Gasteiger partial charge >= 0.3 is 0 Å². The lowest BCUT2D eigenvalue weighted by molar-refractivity contribution is -0.137. The van der Waals surface area contributed by atoms with Crippen LogP contribution in [0, 0.1) is 5.82 Å². The average Bonchev–Trinajstić information content (AvgIpc) is 2.71. The molecule has 1 aromatic heterocycles. The minimum Gasteiger partial charge on any atom is -0.381 e. The quantitative estimate of drug-likeness (QED) is 0.736. The molecule has 4 rings (SSSR count). The molecule has 1 aromatic carbocycles. The number of anilines is 3. The van der Waals surface area contributed by atoms with Crippen molar-refractivity contribution < 1.29 is 9.18 Å². The maximum Gasteiger partial charge on any atom is 0.245 e. The highest BCUT2D eigenvalue weighted by molar-refractivity contribution is 6.35. The number of halogens is 3. The molecule has 2 fully saturated rings. The lowest BCUT2D eigenvalue weighted by atomic mass is 9.97. The summed E-state index contributed by atoms with van der Waals surface area (Å²) in [6, 6.07) is 4.79. The van der Waals surface area contributed by atoms with Gasteiger partial charge in [-0.15, -0.1) is 0 Å². The van der Waals surface area contributed by atoms with Gasteiger partial charge in [-0.05, 0) is 43.9 Å². The molecule has 1 amide bonds. The van der Waals surface area contributed by atoms with Gasteiger partial charge in [-0.2, -0.15) is 4.39 Å². The highest BCUT2D eigenvalue weighted by Gasteiger charge is 2.36. The molecule has 2 aliphatic heterocycles. The highest BCUT2D eigenvalue weighted by atomic mass is 35.5. The van der Waals surface area contributed by atoms with Crippen LogP contribution in [0.1, 0.15) is 25.7 Å². The van der Waals surface area contributed by atoms with Crippen molar-refractivity contribution in [3.05, 3.63) is 40.4 Å². The van der Waals surface area contributed by atoms with Crippen LogP contribution in [0.3, 0.4) is 0 Å². The van der Waals surface area contributed by atoms with Gasteiger partial charge in [0.25, 0.3) is 0 Å². The average molecular weight is 453 g/mol. The van der Waals surface area contributed by atoms with Crippen molar-refractivity contribution in [1.82, 2.24) is 14.9 Å². The SMILES string of the molecule is Nc1ncnc(N2CCCC(N3CCC[C@@H](Nc4cc(Cl)cc(Cl)c4)C3=O)C2)c1F. The Morgan fingerprint density at radius 3 is 2.60 bits per heavy atom. The number of hydrogen-bond acceptors (Lipinski definition) is 6. The molecule has 2 atom stereocenters. The smallest absolute Gasteiger partial charge is 0.245 e. The van der Waals surface area contributed by atoms with Crippen LogP contribution in [0.25, 0.3) is 0 Å². The molecule has 2 aromatic rings. The Kier molecular flexibility index (Phi) is 6.15. The first-order valence-electron chi connectivity index (χ1n) is 9.96. The van der Waals surface area contributed by atoms with Crippen LogP contribution >= 0.6 is 23.2 Å². The van der Waals surface area contributed by atoms with Gasteiger partial charge in [-0.3, -0.25) is 4.79 Å². The van der Waals surface area contributed by atoms with Gasteiger partial charge < -0.3 is 20.9 Å². The number of rotatable bonds is 4. The summed E-state index contributed by atoms with van der Waals surface area (Å²) in [4.78, 5) is 24.7. The third-order valence-electron chi connectivity index (χ3n) is 5.61. The minimum absolute atomic E-state index is 0.0191. The number of carbonyl (C=O) groups excluding carboxylic acids is 1. The van der Waals surface area contributed by atoms with Crippen molar-refractivity contribution in [2.45, 2.75) is 37.8 Å². The fraction of sp³-hybridized carbons (Fsp3) is 0.450. The van der Waals surface area contributed by atoms with Crippen LogP contribution in [0.15, 0.2) is 24.5 Å². The topological polar surface area (TPSA) is 87.4 Å². The van der Waals surface area contributed by atoms with Crippen molar-refractivity contribution in [2.24, 2.45) is 0 Å². The standard InChI is InChI=1S/C20H23Cl2FN6O/c21-12-7-13(22)9-14(8-12)27-16-4-2-6-29(20(16)30)15-3-1-5-28(10-15)19-17(23)18(24)25-11-26-19/h7-9,11,15-16,27H,1-6,10H2,(H2,24,25,26)/t15?,16-/m1/s1. The van der Waals surface area contributed by atoms with Crippen molar-refractivity contribution in [1.29, 1.82) is 0 Å². The second-order valence-corrected chi connectivity index (χ2v) is 8.54. The Balaban J connectivity index is 1.47. The number of aromatic nitrogens is 2. The van der Waals surface area contributed by atoms with E-state index in [0.29, 0.717) is 29.7 Å². The maximum absolute atomic E-state index is 14.4. The Morgan fingerprint density at radius 2 is 1.83 bits per heavy atom. The number of likely N-dealkylation sites (tertiary alicyclic amines) is 1. The van der Waals surface area contributed by atoms with E-state index in [4.69, 9.17) is 28.9 Å². The zero-order chi connectivity index (χ0) is 21.3. The molecule has 1 unspecified atom stereocenters. The number of amides is 1. The summed E-state index contributed by atoms with van der Waals surface area (Å²) < 4.78 is 14.4. The molecule has 0 saturated carbocycles. The first kappa shape index (κ1) is 20.9. The van der Waals surface area contributed by atoms with Gasteiger partial charge in [0.15, 0.2) is 11.6 Å². The lowest BCUT2D eigenvalue weighted by Crippen LogP contribution is -2.56. The largest absolute Gasteiger partial charge is 0.381 e. The van der Waals surface area contributed by atoms with Crippen molar-refractivity contribution in [2.75, 3.05) is 35.6 Å². The predicted molar refractivity (Wildman–Crippen MR) is 116 cm³/mol. The number of nitrogens with two attached hydrogens (primary N) is 1. The van der Waals surface area contributed by atoms with E-state index in [1.807, 2.05) is 9.80 Å². The summed E-state index contributed by atoms with van der Waals surface area (Å²) >= 11 is 12.2. The molecule has 10 heteroatoms. The molecule has 2 aliphatic rings. The molecule has 3 heterocycles. The molecule has 0 radical (unpaired) electrons. The molecule has 2 saturated heterocycles. The van der Waals surface area contributed by atoms with Crippen molar-refractivity contribution >= 4 is 46.4 Å². The third-order valence-corrected chi connectivity index (χ3v) is 6.05. The van der Waals surface area contributed by atoms with E-state index >= 15 is 0 Å². The normalized spacial score (nSPS) is 22.3. The molecular weight excluding hydrogens is 430 g/mol. The van der Waals surface area contributed by atoms with Crippen LogP contribution in [0.4, 0.5) is 21.7 Å². The molecule has 160 valence electrons. The maximum atomic E-state index is 14.4. The third kappa shape index (κ3) is 4.39. The highest BCUT2D eigenvalue weighted by Crippen LogP contribution is 2.29. The first-order valence-corrected chi connectivity index (χ1v) is 10.7. The summed E-state index contributed by atoms with van der Waals surface area (Å²) in [7, 11) is 0. The Hall–Kier alpha value is -2.32. The molecular formula is C20H23Cl2FN6O. The van der Waals surface area contributed by atoms with E-state index in [1.54, 1.807) is 18.2 Å². The number of nitrogens with zero attached hydrogens (tertiary/aromatic N) is 4. The molecule has 0 spiro atoms.